The maximum atomic E-state index is 12.6. The SMILES string of the molecule is O=C(Nc1cccc(Cl)c1)N[C@@H]1C2CCN(CC2)[C@@H]1Cc1cccnc1. The molecule has 0 unspecified atom stereocenters. The lowest BCUT2D eigenvalue weighted by Gasteiger charge is -2.51. The zero-order valence-corrected chi connectivity index (χ0v) is 15.3. The van der Waals surface area contributed by atoms with E-state index in [0.29, 0.717) is 22.7 Å². The van der Waals surface area contributed by atoms with E-state index in [4.69, 9.17) is 11.6 Å². The van der Waals surface area contributed by atoms with Crippen LogP contribution in [0.2, 0.25) is 5.02 Å². The van der Waals surface area contributed by atoms with Gasteiger partial charge in [0.1, 0.15) is 0 Å². The predicted octanol–water partition coefficient (Wildman–Crippen LogP) is 3.56. The summed E-state index contributed by atoms with van der Waals surface area (Å²) in [5, 5.41) is 6.75. The largest absolute Gasteiger partial charge is 0.333 e. The van der Waals surface area contributed by atoms with Crippen LogP contribution >= 0.6 is 11.6 Å². The molecule has 0 aliphatic carbocycles. The maximum Gasteiger partial charge on any atom is 0.319 e. The molecule has 26 heavy (non-hydrogen) atoms. The highest BCUT2D eigenvalue weighted by atomic mass is 35.5. The van der Waals surface area contributed by atoms with E-state index in [1.807, 2.05) is 24.4 Å². The normalized spacial score (nSPS) is 27.1. The summed E-state index contributed by atoms with van der Waals surface area (Å²) < 4.78 is 0. The van der Waals surface area contributed by atoms with Gasteiger partial charge in [-0.15, -0.1) is 0 Å². The first kappa shape index (κ1) is 17.3. The minimum atomic E-state index is -0.165. The molecule has 0 spiro atoms. The topological polar surface area (TPSA) is 57.3 Å². The van der Waals surface area contributed by atoms with E-state index in [2.05, 4.69) is 26.6 Å². The zero-order chi connectivity index (χ0) is 17.9. The Bertz CT molecular complexity index is 761. The van der Waals surface area contributed by atoms with Crippen LogP contribution in [0.1, 0.15) is 18.4 Å². The molecule has 2 N–H and O–H groups in total. The molecule has 2 bridgehead atoms. The quantitative estimate of drug-likeness (QED) is 0.865. The molecule has 3 aliphatic rings. The van der Waals surface area contributed by atoms with E-state index in [1.54, 1.807) is 18.3 Å². The minimum absolute atomic E-state index is 0.150. The van der Waals surface area contributed by atoms with Crippen LogP contribution in [-0.4, -0.2) is 41.1 Å². The summed E-state index contributed by atoms with van der Waals surface area (Å²) in [5.74, 6) is 0.534. The number of carbonyl (C=O) groups excluding carboxylic acids is 1. The average molecular weight is 371 g/mol. The lowest BCUT2D eigenvalue weighted by atomic mass is 9.77. The van der Waals surface area contributed by atoms with Crippen molar-refractivity contribution in [2.45, 2.75) is 31.3 Å². The third-order valence-electron chi connectivity index (χ3n) is 5.51. The van der Waals surface area contributed by atoms with Crippen LogP contribution in [0.4, 0.5) is 10.5 Å². The molecule has 0 radical (unpaired) electrons. The Hall–Kier alpha value is -2.11. The summed E-state index contributed by atoms with van der Waals surface area (Å²) >= 11 is 6.00. The molecule has 2 atom stereocenters. The van der Waals surface area contributed by atoms with Gasteiger partial charge in [-0.1, -0.05) is 23.7 Å². The lowest BCUT2D eigenvalue weighted by molar-refractivity contribution is 0.0184. The fourth-order valence-electron chi connectivity index (χ4n) is 4.27. The number of aromatic nitrogens is 1. The van der Waals surface area contributed by atoms with Crippen LogP contribution in [0.25, 0.3) is 0 Å². The van der Waals surface area contributed by atoms with Gasteiger partial charge in [0.25, 0.3) is 0 Å². The number of urea groups is 1. The molecule has 5 nitrogen and oxygen atoms in total. The van der Waals surface area contributed by atoms with Gasteiger partial charge in [0, 0.05) is 35.2 Å². The van der Waals surface area contributed by atoms with Gasteiger partial charge in [-0.25, -0.2) is 4.79 Å². The smallest absolute Gasteiger partial charge is 0.319 e. The first-order valence-electron chi connectivity index (χ1n) is 9.15. The number of amides is 2. The van der Waals surface area contributed by atoms with E-state index in [9.17, 15) is 4.79 Å². The average Bonchev–Trinajstić information content (AvgIpc) is 2.65. The fraction of sp³-hybridized carbons (Fsp3) is 0.400. The first-order valence-corrected chi connectivity index (χ1v) is 9.53. The van der Waals surface area contributed by atoms with Gasteiger partial charge < -0.3 is 10.6 Å². The first-order chi connectivity index (χ1) is 12.7. The molecular formula is C20H23ClN4O. The molecule has 4 heterocycles. The minimum Gasteiger partial charge on any atom is -0.333 e. The second-order valence-corrected chi connectivity index (χ2v) is 7.58. The Morgan fingerprint density at radius 2 is 2.08 bits per heavy atom. The van der Waals surface area contributed by atoms with E-state index < -0.39 is 0 Å². The number of nitrogens with one attached hydrogen (secondary N) is 2. The van der Waals surface area contributed by atoms with Gasteiger partial charge in [-0.05, 0) is 68.1 Å². The number of halogens is 1. The number of hydrogen-bond donors (Lipinski definition) is 2. The van der Waals surface area contributed by atoms with Gasteiger partial charge in [0.05, 0.1) is 0 Å². The second kappa shape index (κ2) is 7.64. The predicted molar refractivity (Wildman–Crippen MR) is 103 cm³/mol. The van der Waals surface area contributed by atoms with Crippen molar-refractivity contribution < 1.29 is 4.79 Å². The third kappa shape index (κ3) is 3.84. The van der Waals surface area contributed by atoms with Crippen LogP contribution in [0, 0.1) is 5.92 Å². The number of fused-ring (bicyclic) bond motifs is 3. The molecular weight excluding hydrogens is 348 g/mol. The Morgan fingerprint density at radius 1 is 1.23 bits per heavy atom. The number of piperidine rings is 3. The molecule has 3 aliphatic heterocycles. The second-order valence-electron chi connectivity index (χ2n) is 7.14. The number of rotatable bonds is 4. The van der Waals surface area contributed by atoms with Crippen molar-refractivity contribution in [3.63, 3.8) is 0 Å². The van der Waals surface area contributed by atoms with Crippen molar-refractivity contribution in [1.29, 1.82) is 0 Å². The lowest BCUT2D eigenvalue weighted by Crippen LogP contribution is -2.64. The van der Waals surface area contributed by atoms with E-state index >= 15 is 0 Å². The van der Waals surface area contributed by atoms with Crippen molar-refractivity contribution in [1.82, 2.24) is 15.2 Å². The summed E-state index contributed by atoms with van der Waals surface area (Å²) in [6.45, 7) is 2.23. The number of carbonyl (C=O) groups is 1. The number of anilines is 1. The van der Waals surface area contributed by atoms with Crippen LogP contribution in [-0.2, 0) is 6.42 Å². The van der Waals surface area contributed by atoms with Crippen molar-refractivity contribution >= 4 is 23.3 Å². The number of pyridine rings is 1. The fourth-order valence-corrected chi connectivity index (χ4v) is 4.46. The molecule has 3 fully saturated rings. The molecule has 2 amide bonds. The summed E-state index contributed by atoms with van der Waals surface area (Å²) in [7, 11) is 0. The van der Waals surface area contributed by atoms with Crippen LogP contribution in [0.15, 0.2) is 48.8 Å². The monoisotopic (exact) mass is 370 g/mol. The molecule has 6 heteroatoms. The van der Waals surface area contributed by atoms with Crippen LogP contribution < -0.4 is 10.6 Å². The molecule has 136 valence electrons. The molecule has 2 aromatic rings. The zero-order valence-electron chi connectivity index (χ0n) is 14.6. The summed E-state index contributed by atoms with van der Waals surface area (Å²) in [6, 6.07) is 11.6. The Balaban J connectivity index is 1.46. The van der Waals surface area contributed by atoms with Gasteiger partial charge in [-0.3, -0.25) is 9.88 Å². The highest BCUT2D eigenvalue weighted by molar-refractivity contribution is 6.30. The van der Waals surface area contributed by atoms with E-state index in [-0.39, 0.29) is 12.1 Å². The van der Waals surface area contributed by atoms with E-state index in [1.165, 1.54) is 5.56 Å². The number of hydrogen-bond acceptors (Lipinski definition) is 3. The van der Waals surface area contributed by atoms with Crippen molar-refractivity contribution in [2.24, 2.45) is 5.92 Å². The third-order valence-corrected chi connectivity index (χ3v) is 5.75. The Morgan fingerprint density at radius 3 is 2.81 bits per heavy atom. The standard InChI is InChI=1S/C20H23ClN4O/c21-16-4-1-5-17(12-16)23-20(26)24-19-15-6-9-25(10-7-15)18(19)11-14-3-2-8-22-13-14/h1-5,8,12-13,15,18-19H,6-7,9-11H2,(H2,23,24,26)/t18-,19-/m1/s1. The summed E-state index contributed by atoms with van der Waals surface area (Å²) in [5.41, 5.74) is 1.92. The molecule has 0 saturated carbocycles. The maximum absolute atomic E-state index is 12.6. The van der Waals surface area contributed by atoms with Gasteiger partial charge in [0.15, 0.2) is 0 Å². The Labute approximate surface area is 158 Å². The van der Waals surface area contributed by atoms with Crippen molar-refractivity contribution in [2.75, 3.05) is 18.4 Å². The van der Waals surface area contributed by atoms with Gasteiger partial charge in [-0.2, -0.15) is 0 Å². The molecule has 5 rings (SSSR count). The van der Waals surface area contributed by atoms with E-state index in [0.717, 1.165) is 32.4 Å². The Kier molecular flexibility index (Phi) is 5.09. The highest BCUT2D eigenvalue weighted by Gasteiger charge is 2.42. The summed E-state index contributed by atoms with van der Waals surface area (Å²) in [6.07, 6.45) is 6.92. The van der Waals surface area contributed by atoms with Crippen LogP contribution in [0.3, 0.4) is 0 Å². The highest BCUT2D eigenvalue weighted by Crippen LogP contribution is 2.34. The van der Waals surface area contributed by atoms with Crippen molar-refractivity contribution in [3.8, 4) is 0 Å². The van der Waals surface area contributed by atoms with Gasteiger partial charge in [0.2, 0.25) is 0 Å². The van der Waals surface area contributed by atoms with Gasteiger partial charge >= 0.3 is 6.03 Å². The molecule has 1 aromatic heterocycles. The molecule has 3 saturated heterocycles. The van der Waals surface area contributed by atoms with Crippen LogP contribution in [0.5, 0.6) is 0 Å². The number of nitrogens with zero attached hydrogens (tertiary/aromatic N) is 2. The van der Waals surface area contributed by atoms with Crippen molar-refractivity contribution in [3.05, 3.63) is 59.4 Å². The molecule has 1 aromatic carbocycles. The summed E-state index contributed by atoms with van der Waals surface area (Å²) in [4.78, 5) is 19.3. The number of benzene rings is 1.